The van der Waals surface area contributed by atoms with Gasteiger partial charge in [-0.1, -0.05) is 25.4 Å². The van der Waals surface area contributed by atoms with Crippen molar-refractivity contribution in [1.82, 2.24) is 0 Å². The van der Waals surface area contributed by atoms with Gasteiger partial charge in [-0.3, -0.25) is 0 Å². The number of halogens is 1. The topological polar surface area (TPSA) is 57.9 Å². The van der Waals surface area contributed by atoms with E-state index in [-0.39, 0.29) is 12.2 Å². The summed E-state index contributed by atoms with van der Waals surface area (Å²) < 4.78 is 20.5. The van der Waals surface area contributed by atoms with Crippen LogP contribution in [0.4, 0.5) is 0 Å². The van der Waals surface area contributed by atoms with Gasteiger partial charge < -0.3 is 0 Å². The van der Waals surface area contributed by atoms with E-state index in [9.17, 15) is 8.42 Å². The molecule has 0 spiro atoms. The fourth-order valence-electron chi connectivity index (χ4n) is 0.597. The molecule has 0 fully saturated rings. The Morgan fingerprint density at radius 3 is 2.09 bits per heavy atom. The third-order valence-electron chi connectivity index (χ3n) is 1.49. The van der Waals surface area contributed by atoms with E-state index in [2.05, 4.69) is 0 Å². The maximum absolute atomic E-state index is 11.1. The Bertz CT molecular complexity index is 267. The summed E-state index contributed by atoms with van der Waals surface area (Å²) in [6.45, 7) is 3.04. The maximum atomic E-state index is 11.1. The summed E-state index contributed by atoms with van der Waals surface area (Å²) in [6.07, 6.45) is 0.112. The average molecular weight is 196 g/mol. The number of nitriles is 1. The maximum Gasteiger partial charge on any atom is 0.230 e. The van der Waals surface area contributed by atoms with Gasteiger partial charge in [0.1, 0.15) is 6.07 Å². The fourth-order valence-corrected chi connectivity index (χ4v) is 1.96. The lowest BCUT2D eigenvalue weighted by Crippen LogP contribution is -2.31. The van der Waals surface area contributed by atoms with E-state index >= 15 is 0 Å². The van der Waals surface area contributed by atoms with E-state index in [1.54, 1.807) is 13.0 Å². The van der Waals surface area contributed by atoms with E-state index in [1.165, 1.54) is 6.92 Å². The second kappa shape index (κ2) is 3.42. The summed E-state index contributed by atoms with van der Waals surface area (Å²) in [6, 6.07) is 1.60. The van der Waals surface area contributed by atoms with Gasteiger partial charge in [0.05, 0.1) is 5.75 Å². The van der Waals surface area contributed by atoms with E-state index in [0.717, 1.165) is 0 Å². The second-order valence-electron chi connectivity index (χ2n) is 2.10. The number of rotatable bonds is 3. The van der Waals surface area contributed by atoms with Crippen molar-refractivity contribution in [3.8, 4) is 6.07 Å². The molecule has 0 heterocycles. The van der Waals surface area contributed by atoms with E-state index < -0.39 is 14.0 Å². The van der Waals surface area contributed by atoms with Crippen molar-refractivity contribution in [2.45, 2.75) is 24.5 Å². The average Bonchev–Trinajstić information content (AvgIpc) is 2.02. The van der Waals surface area contributed by atoms with Crippen molar-refractivity contribution < 1.29 is 8.42 Å². The first-order valence-electron chi connectivity index (χ1n) is 3.26. The zero-order valence-electron chi connectivity index (χ0n) is 6.46. The molecule has 11 heavy (non-hydrogen) atoms. The highest BCUT2D eigenvalue weighted by Crippen LogP contribution is 2.26. The molecule has 0 aliphatic rings. The molecule has 5 heteroatoms. The molecule has 0 aromatic heterocycles. The predicted molar refractivity (Wildman–Crippen MR) is 43.9 cm³/mol. The van der Waals surface area contributed by atoms with Gasteiger partial charge in [0.25, 0.3) is 0 Å². The Hall–Kier alpha value is -0.270. The molecule has 0 bridgehead atoms. The summed E-state index contributed by atoms with van der Waals surface area (Å²) in [5, 5.41) is 8.49. The van der Waals surface area contributed by atoms with Gasteiger partial charge in [-0.05, 0) is 6.42 Å². The fraction of sp³-hybridized carbons (Fsp3) is 0.833. The van der Waals surface area contributed by atoms with Gasteiger partial charge in [-0.25, -0.2) is 8.42 Å². The second-order valence-corrected chi connectivity index (χ2v) is 5.47. The molecule has 0 saturated carbocycles. The van der Waals surface area contributed by atoms with Crippen LogP contribution in [-0.4, -0.2) is 18.4 Å². The van der Waals surface area contributed by atoms with Crippen LogP contribution in [0.25, 0.3) is 0 Å². The zero-order chi connectivity index (χ0) is 9.12. The van der Waals surface area contributed by atoms with Crippen LogP contribution in [0, 0.1) is 11.3 Å². The molecular weight excluding hydrogens is 186 g/mol. The van der Waals surface area contributed by atoms with Crippen LogP contribution in [-0.2, 0) is 9.84 Å². The first kappa shape index (κ1) is 10.7. The Morgan fingerprint density at radius 2 is 2.00 bits per heavy atom. The Morgan fingerprint density at radius 1 is 1.55 bits per heavy atom. The molecule has 64 valence electrons. The van der Waals surface area contributed by atoms with Crippen LogP contribution >= 0.6 is 11.6 Å². The van der Waals surface area contributed by atoms with Gasteiger partial charge in [0.15, 0.2) is 9.84 Å². The molecule has 1 unspecified atom stereocenters. The van der Waals surface area contributed by atoms with Crippen molar-refractivity contribution in [1.29, 1.82) is 5.26 Å². The molecule has 0 aromatic rings. The van der Waals surface area contributed by atoms with E-state index in [0.29, 0.717) is 0 Å². The highest BCUT2D eigenvalue weighted by atomic mass is 35.5. The van der Waals surface area contributed by atoms with Crippen molar-refractivity contribution in [3.63, 3.8) is 0 Å². The normalized spacial score (nSPS) is 16.9. The van der Waals surface area contributed by atoms with Crippen LogP contribution in [0.15, 0.2) is 0 Å². The molecule has 0 amide bonds. The standard InChI is InChI=1S/C6H10ClNO2S/c1-3-6(7,5-8)11(9,10)4-2/h3-4H2,1-2H3. The minimum absolute atomic E-state index is 0.0993. The minimum Gasteiger partial charge on any atom is -0.226 e. The molecule has 3 nitrogen and oxygen atoms in total. The number of alkyl halides is 1. The van der Waals surface area contributed by atoms with Crippen LogP contribution in [0.5, 0.6) is 0 Å². The SMILES string of the molecule is CCC(Cl)(C#N)S(=O)(=O)CC. The van der Waals surface area contributed by atoms with Crippen LogP contribution in [0.2, 0.25) is 0 Å². The number of hydrogen-bond acceptors (Lipinski definition) is 3. The lowest BCUT2D eigenvalue weighted by Gasteiger charge is -2.15. The van der Waals surface area contributed by atoms with Crippen LogP contribution < -0.4 is 0 Å². The zero-order valence-corrected chi connectivity index (χ0v) is 8.04. The Labute approximate surface area is 71.9 Å². The van der Waals surface area contributed by atoms with Crippen LogP contribution in [0.1, 0.15) is 20.3 Å². The molecule has 0 radical (unpaired) electrons. The summed E-state index contributed by atoms with van der Waals surface area (Å²) >= 11 is 5.55. The number of nitrogens with zero attached hydrogens (tertiary/aromatic N) is 1. The minimum atomic E-state index is -3.46. The van der Waals surface area contributed by atoms with Gasteiger partial charge in [0, 0.05) is 0 Å². The molecular formula is C6H10ClNO2S. The predicted octanol–water partition coefficient (Wildman–Crippen LogP) is 1.29. The van der Waals surface area contributed by atoms with E-state index in [4.69, 9.17) is 16.9 Å². The van der Waals surface area contributed by atoms with Gasteiger partial charge in [0.2, 0.25) is 4.21 Å². The first-order chi connectivity index (χ1) is 4.93. The summed E-state index contributed by atoms with van der Waals surface area (Å²) in [7, 11) is -3.46. The molecule has 1 atom stereocenters. The molecule has 0 aliphatic carbocycles. The van der Waals surface area contributed by atoms with Crippen LogP contribution in [0.3, 0.4) is 0 Å². The Kier molecular flexibility index (Phi) is 3.33. The quantitative estimate of drug-likeness (QED) is 0.638. The van der Waals surface area contributed by atoms with Gasteiger partial charge in [-0.15, -0.1) is 0 Å². The Balaban J connectivity index is 4.99. The summed E-state index contributed by atoms with van der Waals surface area (Å²) in [5.41, 5.74) is 0. The summed E-state index contributed by atoms with van der Waals surface area (Å²) in [4.78, 5) is 0. The molecule has 0 saturated heterocycles. The molecule has 0 rings (SSSR count). The van der Waals surface area contributed by atoms with Crippen molar-refractivity contribution in [2.24, 2.45) is 0 Å². The first-order valence-corrected chi connectivity index (χ1v) is 5.29. The monoisotopic (exact) mass is 195 g/mol. The van der Waals surface area contributed by atoms with Crippen molar-refractivity contribution >= 4 is 21.4 Å². The largest absolute Gasteiger partial charge is 0.230 e. The summed E-state index contributed by atoms with van der Waals surface area (Å²) in [5.74, 6) is -0.0993. The highest BCUT2D eigenvalue weighted by molar-refractivity contribution is 7.94. The lowest BCUT2D eigenvalue weighted by molar-refractivity contribution is 0.582. The third-order valence-corrected chi connectivity index (χ3v) is 4.68. The third kappa shape index (κ3) is 1.85. The highest BCUT2D eigenvalue weighted by Gasteiger charge is 2.38. The van der Waals surface area contributed by atoms with Crippen molar-refractivity contribution in [3.05, 3.63) is 0 Å². The lowest BCUT2D eigenvalue weighted by atomic mass is 10.3. The van der Waals surface area contributed by atoms with Crippen molar-refractivity contribution in [2.75, 3.05) is 5.75 Å². The smallest absolute Gasteiger partial charge is 0.226 e. The molecule has 0 N–H and O–H groups in total. The van der Waals surface area contributed by atoms with Gasteiger partial charge in [-0.2, -0.15) is 5.26 Å². The number of hydrogen-bond donors (Lipinski definition) is 0. The molecule has 0 aliphatic heterocycles. The van der Waals surface area contributed by atoms with E-state index in [1.807, 2.05) is 0 Å². The molecule has 0 aromatic carbocycles. The number of sulfone groups is 1. The van der Waals surface area contributed by atoms with Gasteiger partial charge >= 0.3 is 0 Å².